The second-order valence-electron chi connectivity index (χ2n) is 5.01. The monoisotopic (exact) mass is 349 g/mol. The van der Waals surface area contributed by atoms with Crippen LogP contribution in [0.2, 0.25) is 0 Å². The summed E-state index contributed by atoms with van der Waals surface area (Å²) in [7, 11) is -3.63. The Balaban J connectivity index is 2.14. The van der Waals surface area contributed by atoms with Gasteiger partial charge in [-0.3, -0.25) is 5.32 Å². The van der Waals surface area contributed by atoms with Crippen LogP contribution < -0.4 is 5.32 Å². The van der Waals surface area contributed by atoms with E-state index >= 15 is 0 Å². The number of amides is 1. The van der Waals surface area contributed by atoms with Gasteiger partial charge in [0.05, 0.1) is 10.5 Å². The van der Waals surface area contributed by atoms with Gasteiger partial charge in [-0.1, -0.05) is 30.3 Å². The van der Waals surface area contributed by atoms with Crippen molar-refractivity contribution in [3.8, 4) is 0 Å². The van der Waals surface area contributed by atoms with Crippen LogP contribution in [0.1, 0.15) is 15.9 Å². The Kier molecular flexibility index (Phi) is 5.20. The predicted octanol–water partition coefficient (Wildman–Crippen LogP) is 2.54. The van der Waals surface area contributed by atoms with Crippen LogP contribution >= 0.6 is 0 Å². The minimum absolute atomic E-state index is 0.0217. The maximum absolute atomic E-state index is 11.8. The SMILES string of the molecule is CS(=O)(=O)c1cc(NC(=O)OCc2ccccc2)cc(C(=O)O)c1. The second kappa shape index (κ2) is 7.14. The Morgan fingerprint density at radius 2 is 1.79 bits per heavy atom. The molecule has 0 aliphatic heterocycles. The Morgan fingerprint density at radius 1 is 1.12 bits per heavy atom. The second-order valence-corrected chi connectivity index (χ2v) is 7.03. The molecular formula is C16H15NO6S. The Morgan fingerprint density at radius 3 is 2.38 bits per heavy atom. The van der Waals surface area contributed by atoms with E-state index in [2.05, 4.69) is 5.32 Å². The first kappa shape index (κ1) is 17.5. The average Bonchev–Trinajstić information content (AvgIpc) is 2.53. The normalized spacial score (nSPS) is 10.9. The number of carboxylic acids is 1. The number of sulfone groups is 1. The highest BCUT2D eigenvalue weighted by Gasteiger charge is 2.15. The van der Waals surface area contributed by atoms with Gasteiger partial charge in [-0.15, -0.1) is 0 Å². The number of carbonyl (C=O) groups excluding carboxylic acids is 1. The topological polar surface area (TPSA) is 110 Å². The summed E-state index contributed by atoms with van der Waals surface area (Å²) in [5, 5.41) is 11.4. The highest BCUT2D eigenvalue weighted by Crippen LogP contribution is 2.19. The molecule has 0 radical (unpaired) electrons. The summed E-state index contributed by atoms with van der Waals surface area (Å²) >= 11 is 0. The first-order valence-electron chi connectivity index (χ1n) is 6.82. The largest absolute Gasteiger partial charge is 0.478 e. The summed E-state index contributed by atoms with van der Waals surface area (Å²) in [4.78, 5) is 22.7. The summed E-state index contributed by atoms with van der Waals surface area (Å²) in [6.45, 7) is 0.0320. The van der Waals surface area contributed by atoms with Crippen molar-refractivity contribution in [2.45, 2.75) is 11.5 Å². The number of hydrogen-bond donors (Lipinski definition) is 2. The summed E-state index contributed by atoms with van der Waals surface area (Å²) in [6.07, 6.45) is 0.131. The molecule has 0 spiro atoms. The summed E-state index contributed by atoms with van der Waals surface area (Å²) in [5.74, 6) is -1.30. The van der Waals surface area contributed by atoms with Gasteiger partial charge in [0, 0.05) is 11.9 Å². The number of anilines is 1. The number of rotatable bonds is 5. The zero-order valence-corrected chi connectivity index (χ0v) is 13.5. The molecule has 0 saturated carbocycles. The molecule has 0 unspecified atom stereocenters. The van der Waals surface area contributed by atoms with E-state index < -0.39 is 21.9 Å². The van der Waals surface area contributed by atoms with Crippen molar-refractivity contribution in [3.05, 3.63) is 59.7 Å². The molecule has 0 saturated heterocycles. The Hall–Kier alpha value is -2.87. The standard InChI is InChI=1S/C16H15NO6S/c1-24(21,22)14-8-12(15(18)19)7-13(9-14)17-16(20)23-10-11-5-3-2-4-6-11/h2-9H,10H2,1H3,(H,17,20)(H,18,19). The van der Waals surface area contributed by atoms with Gasteiger partial charge in [0.15, 0.2) is 9.84 Å². The lowest BCUT2D eigenvalue weighted by molar-refractivity contribution is 0.0696. The fourth-order valence-corrected chi connectivity index (χ4v) is 2.57. The third-order valence-electron chi connectivity index (χ3n) is 3.04. The van der Waals surface area contributed by atoms with Crippen molar-refractivity contribution >= 4 is 27.6 Å². The van der Waals surface area contributed by atoms with Crippen molar-refractivity contribution in [2.24, 2.45) is 0 Å². The zero-order chi connectivity index (χ0) is 17.7. The number of benzene rings is 2. The van der Waals surface area contributed by atoms with Crippen molar-refractivity contribution < 1.29 is 27.9 Å². The predicted molar refractivity (Wildman–Crippen MR) is 86.8 cm³/mol. The van der Waals surface area contributed by atoms with E-state index in [9.17, 15) is 18.0 Å². The molecule has 0 heterocycles. The van der Waals surface area contributed by atoms with Crippen molar-refractivity contribution in [1.29, 1.82) is 0 Å². The first-order valence-corrected chi connectivity index (χ1v) is 8.71. The lowest BCUT2D eigenvalue weighted by atomic mass is 10.2. The summed E-state index contributed by atoms with van der Waals surface area (Å²) in [5.41, 5.74) is 0.549. The highest BCUT2D eigenvalue weighted by molar-refractivity contribution is 7.90. The molecule has 0 fully saturated rings. The van der Waals surface area contributed by atoms with E-state index in [-0.39, 0.29) is 22.8 Å². The quantitative estimate of drug-likeness (QED) is 0.858. The third kappa shape index (κ3) is 4.82. The van der Waals surface area contributed by atoms with E-state index in [1.165, 1.54) is 6.07 Å². The fraction of sp³-hybridized carbons (Fsp3) is 0.125. The van der Waals surface area contributed by atoms with Crippen LogP contribution in [0, 0.1) is 0 Å². The van der Waals surface area contributed by atoms with Gasteiger partial charge in [-0.05, 0) is 23.8 Å². The maximum atomic E-state index is 11.8. The molecule has 8 heteroatoms. The fourth-order valence-electron chi connectivity index (χ4n) is 1.89. The van der Waals surface area contributed by atoms with Crippen LogP contribution in [0.15, 0.2) is 53.4 Å². The molecule has 7 nitrogen and oxygen atoms in total. The van der Waals surface area contributed by atoms with Gasteiger partial charge >= 0.3 is 12.1 Å². The molecule has 2 aromatic carbocycles. The molecule has 0 aliphatic carbocycles. The summed E-state index contributed by atoms with van der Waals surface area (Å²) < 4.78 is 28.2. The maximum Gasteiger partial charge on any atom is 0.411 e. The van der Waals surface area contributed by atoms with Crippen LogP contribution in [-0.2, 0) is 21.2 Å². The van der Waals surface area contributed by atoms with Gasteiger partial charge in [0.1, 0.15) is 6.61 Å². The smallest absolute Gasteiger partial charge is 0.411 e. The van der Waals surface area contributed by atoms with Crippen LogP contribution in [-0.4, -0.2) is 31.8 Å². The van der Waals surface area contributed by atoms with E-state index in [1.807, 2.05) is 6.07 Å². The molecular weight excluding hydrogens is 334 g/mol. The number of ether oxygens (including phenoxy) is 1. The van der Waals surface area contributed by atoms with Crippen LogP contribution in [0.5, 0.6) is 0 Å². The van der Waals surface area contributed by atoms with Gasteiger partial charge < -0.3 is 9.84 Å². The summed E-state index contributed by atoms with van der Waals surface area (Å²) in [6, 6.07) is 12.3. The molecule has 0 bridgehead atoms. The Bertz CT molecular complexity index is 861. The van der Waals surface area contributed by atoms with Crippen LogP contribution in [0.4, 0.5) is 10.5 Å². The molecule has 2 N–H and O–H groups in total. The molecule has 0 aliphatic rings. The number of carboxylic acid groups (broad SMARTS) is 1. The average molecular weight is 349 g/mol. The van der Waals surface area contributed by atoms with Crippen molar-refractivity contribution in [3.63, 3.8) is 0 Å². The molecule has 0 aromatic heterocycles. The van der Waals surface area contributed by atoms with E-state index in [0.29, 0.717) is 0 Å². The van der Waals surface area contributed by atoms with E-state index in [4.69, 9.17) is 9.84 Å². The van der Waals surface area contributed by atoms with Crippen LogP contribution in [0.25, 0.3) is 0 Å². The minimum Gasteiger partial charge on any atom is -0.478 e. The number of hydrogen-bond acceptors (Lipinski definition) is 5. The lowest BCUT2D eigenvalue weighted by Gasteiger charge is -2.09. The number of carbonyl (C=O) groups is 2. The van der Waals surface area contributed by atoms with E-state index in [0.717, 1.165) is 24.0 Å². The van der Waals surface area contributed by atoms with Gasteiger partial charge in [-0.2, -0.15) is 0 Å². The minimum atomic E-state index is -3.63. The molecule has 2 rings (SSSR count). The van der Waals surface area contributed by atoms with Crippen molar-refractivity contribution in [1.82, 2.24) is 0 Å². The molecule has 0 atom stereocenters. The molecule has 1 amide bonds. The Labute approximate surface area is 138 Å². The molecule has 126 valence electrons. The highest BCUT2D eigenvalue weighted by atomic mass is 32.2. The number of aromatic carboxylic acids is 1. The first-order chi connectivity index (χ1) is 11.3. The van der Waals surface area contributed by atoms with Crippen molar-refractivity contribution in [2.75, 3.05) is 11.6 Å². The van der Waals surface area contributed by atoms with Crippen LogP contribution in [0.3, 0.4) is 0 Å². The molecule has 24 heavy (non-hydrogen) atoms. The molecule has 2 aromatic rings. The van der Waals surface area contributed by atoms with Gasteiger partial charge in [0.25, 0.3) is 0 Å². The zero-order valence-electron chi connectivity index (χ0n) is 12.7. The van der Waals surface area contributed by atoms with E-state index in [1.54, 1.807) is 24.3 Å². The van der Waals surface area contributed by atoms with Gasteiger partial charge in [-0.25, -0.2) is 18.0 Å². The lowest BCUT2D eigenvalue weighted by Crippen LogP contribution is -2.14. The van der Waals surface area contributed by atoms with Gasteiger partial charge in [0.2, 0.25) is 0 Å². The third-order valence-corrected chi connectivity index (χ3v) is 4.13. The number of nitrogens with one attached hydrogen (secondary N) is 1.